The first-order chi connectivity index (χ1) is 15.0. The monoisotopic (exact) mass is 419 g/mol. The molecule has 0 aliphatic carbocycles. The van der Waals surface area contributed by atoms with Crippen LogP contribution in [0.1, 0.15) is 44.5 Å². The van der Waals surface area contributed by atoms with Crippen molar-refractivity contribution in [3.63, 3.8) is 0 Å². The number of nitrogens with two attached hydrogens (primary N) is 1. The molecule has 1 saturated heterocycles. The van der Waals surface area contributed by atoms with Crippen LogP contribution in [0, 0.1) is 13.8 Å². The lowest BCUT2D eigenvalue weighted by molar-refractivity contribution is 0.0535. The molecule has 5 rings (SSSR count). The number of carbonyl (C=O) groups excluding carboxylic acids is 1. The summed E-state index contributed by atoms with van der Waals surface area (Å²) in [6.45, 7) is 6.54. The standard InChI is InChI=1S/C22H25N7O2/c1-13-17(3-4-18-19(13)12-31-22(18)30)20-10-28(11-21(23)27-20)8-15-5-26-29(9-15)16-6-24-14(2)25-7-16/h3-7,9,20-21,27H,8,10-12,23H2,1-2H3/t20-,21+/m0/s1. The molecule has 2 atom stereocenters. The predicted molar refractivity (Wildman–Crippen MR) is 113 cm³/mol. The third kappa shape index (κ3) is 3.83. The minimum Gasteiger partial charge on any atom is -0.457 e. The maximum atomic E-state index is 11.9. The second-order valence-electron chi connectivity index (χ2n) is 8.18. The van der Waals surface area contributed by atoms with Crippen molar-refractivity contribution in [2.24, 2.45) is 5.73 Å². The smallest absolute Gasteiger partial charge is 0.338 e. The Balaban J connectivity index is 1.33. The van der Waals surface area contributed by atoms with Gasteiger partial charge < -0.3 is 10.5 Å². The minimum absolute atomic E-state index is 0.0743. The molecule has 0 saturated carbocycles. The first kappa shape index (κ1) is 19.8. The van der Waals surface area contributed by atoms with Crippen molar-refractivity contribution in [2.45, 2.75) is 39.2 Å². The van der Waals surface area contributed by atoms with Gasteiger partial charge in [-0.25, -0.2) is 19.4 Å². The normalized spacial score (nSPS) is 21.2. The van der Waals surface area contributed by atoms with E-state index < -0.39 is 0 Å². The van der Waals surface area contributed by atoms with E-state index in [1.165, 1.54) is 0 Å². The molecule has 9 nitrogen and oxygen atoms in total. The summed E-state index contributed by atoms with van der Waals surface area (Å²) in [6, 6.07) is 3.96. The van der Waals surface area contributed by atoms with Gasteiger partial charge in [-0.2, -0.15) is 5.10 Å². The van der Waals surface area contributed by atoms with E-state index in [9.17, 15) is 4.79 Å². The number of hydrogen-bond acceptors (Lipinski definition) is 8. The van der Waals surface area contributed by atoms with Gasteiger partial charge in [0, 0.05) is 43.0 Å². The van der Waals surface area contributed by atoms with Crippen LogP contribution in [0.5, 0.6) is 0 Å². The van der Waals surface area contributed by atoms with Gasteiger partial charge in [0.1, 0.15) is 18.1 Å². The molecule has 0 radical (unpaired) electrons. The van der Waals surface area contributed by atoms with Crippen LogP contribution in [0.2, 0.25) is 0 Å². The molecule has 3 aromatic rings. The molecule has 2 aromatic heterocycles. The molecule has 2 aliphatic rings. The summed E-state index contributed by atoms with van der Waals surface area (Å²) in [5, 5.41) is 7.96. The van der Waals surface area contributed by atoms with E-state index in [4.69, 9.17) is 10.5 Å². The molecule has 0 spiro atoms. The Morgan fingerprint density at radius 3 is 2.81 bits per heavy atom. The van der Waals surface area contributed by atoms with Gasteiger partial charge in [0.2, 0.25) is 0 Å². The minimum atomic E-state index is -0.240. The van der Waals surface area contributed by atoms with Crippen LogP contribution in [-0.4, -0.2) is 49.9 Å². The average molecular weight is 419 g/mol. The predicted octanol–water partition coefficient (Wildman–Crippen LogP) is 1.38. The number of aromatic nitrogens is 4. The van der Waals surface area contributed by atoms with Gasteiger partial charge in [-0.3, -0.25) is 10.2 Å². The highest BCUT2D eigenvalue weighted by Crippen LogP contribution is 2.30. The van der Waals surface area contributed by atoms with E-state index >= 15 is 0 Å². The maximum absolute atomic E-state index is 11.9. The van der Waals surface area contributed by atoms with Crippen molar-refractivity contribution in [1.29, 1.82) is 0 Å². The lowest BCUT2D eigenvalue weighted by Gasteiger charge is -2.38. The Kier molecular flexibility index (Phi) is 5.01. The van der Waals surface area contributed by atoms with Gasteiger partial charge in [0.15, 0.2) is 0 Å². The molecular formula is C22H25N7O2. The second-order valence-corrected chi connectivity index (χ2v) is 8.18. The zero-order chi connectivity index (χ0) is 21.5. The molecule has 31 heavy (non-hydrogen) atoms. The molecule has 0 unspecified atom stereocenters. The highest BCUT2D eigenvalue weighted by atomic mass is 16.5. The summed E-state index contributed by atoms with van der Waals surface area (Å²) < 4.78 is 6.99. The molecule has 160 valence electrons. The Morgan fingerprint density at radius 1 is 1.19 bits per heavy atom. The molecule has 0 amide bonds. The number of carbonyl (C=O) groups is 1. The topological polar surface area (TPSA) is 111 Å². The number of esters is 1. The van der Waals surface area contributed by atoms with Crippen LogP contribution >= 0.6 is 0 Å². The van der Waals surface area contributed by atoms with Gasteiger partial charge in [0.25, 0.3) is 0 Å². The molecular weight excluding hydrogens is 394 g/mol. The van der Waals surface area contributed by atoms with E-state index in [1.807, 2.05) is 31.5 Å². The Labute approximate surface area is 180 Å². The van der Waals surface area contributed by atoms with Crippen LogP contribution < -0.4 is 11.1 Å². The SMILES string of the molecule is Cc1ncc(-n2cc(CN3C[C@@H](c4ccc5c(c4C)COC5=O)N[C@@H](N)C3)cn2)cn1. The van der Waals surface area contributed by atoms with Crippen molar-refractivity contribution < 1.29 is 9.53 Å². The lowest BCUT2D eigenvalue weighted by Crippen LogP contribution is -2.56. The average Bonchev–Trinajstić information content (AvgIpc) is 3.36. The molecule has 2 aliphatic heterocycles. The van der Waals surface area contributed by atoms with Gasteiger partial charge in [0.05, 0.1) is 30.3 Å². The number of nitrogens with zero attached hydrogens (tertiary/aromatic N) is 5. The molecule has 1 aromatic carbocycles. The first-order valence-electron chi connectivity index (χ1n) is 10.3. The number of rotatable bonds is 4. The number of hydrogen-bond donors (Lipinski definition) is 2. The fourth-order valence-corrected chi connectivity index (χ4v) is 4.38. The highest BCUT2D eigenvalue weighted by molar-refractivity contribution is 5.94. The van der Waals surface area contributed by atoms with Crippen LogP contribution in [-0.2, 0) is 17.9 Å². The summed E-state index contributed by atoms with van der Waals surface area (Å²) in [5.41, 5.74) is 12.2. The quantitative estimate of drug-likeness (QED) is 0.610. The molecule has 3 N–H and O–H groups in total. The Bertz CT molecular complexity index is 1130. The van der Waals surface area contributed by atoms with Crippen molar-refractivity contribution in [3.05, 3.63) is 70.6 Å². The number of fused-ring (bicyclic) bond motifs is 1. The maximum Gasteiger partial charge on any atom is 0.338 e. The molecule has 1 fully saturated rings. The van der Waals surface area contributed by atoms with Gasteiger partial charge >= 0.3 is 5.97 Å². The Hall–Kier alpha value is -3.14. The van der Waals surface area contributed by atoms with Crippen LogP contribution in [0.15, 0.2) is 36.9 Å². The molecule has 0 bridgehead atoms. The van der Waals surface area contributed by atoms with Gasteiger partial charge in [-0.1, -0.05) is 6.07 Å². The zero-order valence-corrected chi connectivity index (χ0v) is 17.6. The van der Waals surface area contributed by atoms with Crippen molar-refractivity contribution >= 4 is 5.97 Å². The van der Waals surface area contributed by atoms with E-state index in [2.05, 4.69) is 32.2 Å². The number of nitrogens with one attached hydrogen (secondary N) is 1. The third-order valence-electron chi connectivity index (χ3n) is 5.97. The van der Waals surface area contributed by atoms with E-state index in [-0.39, 0.29) is 18.2 Å². The van der Waals surface area contributed by atoms with E-state index in [1.54, 1.807) is 17.1 Å². The zero-order valence-electron chi connectivity index (χ0n) is 17.6. The van der Waals surface area contributed by atoms with Crippen molar-refractivity contribution in [1.82, 2.24) is 30.0 Å². The molecule has 4 heterocycles. The third-order valence-corrected chi connectivity index (χ3v) is 5.97. The summed E-state index contributed by atoms with van der Waals surface area (Å²) in [6.07, 6.45) is 7.25. The number of cyclic esters (lactones) is 1. The number of ether oxygens (including phenoxy) is 1. The summed E-state index contributed by atoms with van der Waals surface area (Å²) in [7, 11) is 0. The fourth-order valence-electron chi connectivity index (χ4n) is 4.38. The van der Waals surface area contributed by atoms with Crippen LogP contribution in [0.3, 0.4) is 0 Å². The lowest BCUT2D eigenvalue weighted by atomic mass is 9.93. The van der Waals surface area contributed by atoms with Gasteiger partial charge in [-0.05, 0) is 31.0 Å². The van der Waals surface area contributed by atoms with Gasteiger partial charge in [-0.15, -0.1) is 0 Å². The fraction of sp³-hybridized carbons (Fsp3) is 0.364. The van der Waals surface area contributed by atoms with Crippen LogP contribution in [0.25, 0.3) is 5.69 Å². The number of benzene rings is 1. The van der Waals surface area contributed by atoms with Crippen LogP contribution in [0.4, 0.5) is 0 Å². The summed E-state index contributed by atoms with van der Waals surface area (Å²) >= 11 is 0. The first-order valence-corrected chi connectivity index (χ1v) is 10.3. The van der Waals surface area contributed by atoms with E-state index in [0.29, 0.717) is 12.2 Å². The van der Waals surface area contributed by atoms with Crippen molar-refractivity contribution in [3.8, 4) is 5.69 Å². The Morgan fingerprint density at radius 2 is 2.00 bits per heavy atom. The summed E-state index contributed by atoms with van der Waals surface area (Å²) in [4.78, 5) is 22.6. The number of piperazine rings is 1. The largest absolute Gasteiger partial charge is 0.457 e. The highest BCUT2D eigenvalue weighted by Gasteiger charge is 2.30. The number of aryl methyl sites for hydroxylation is 1. The second kappa shape index (κ2) is 7.84. The van der Waals surface area contributed by atoms with Crippen molar-refractivity contribution in [2.75, 3.05) is 13.1 Å². The summed E-state index contributed by atoms with van der Waals surface area (Å²) in [5.74, 6) is 0.491. The molecule has 9 heteroatoms. The van der Waals surface area contributed by atoms with E-state index in [0.717, 1.165) is 53.4 Å².